The molecular formula is C16H19F3N2O3S. The molecule has 0 bridgehead atoms. The summed E-state index contributed by atoms with van der Waals surface area (Å²) in [6, 6.07) is 7.23. The van der Waals surface area contributed by atoms with Crippen LogP contribution in [-0.2, 0) is 22.0 Å². The number of rotatable bonds is 7. The molecule has 0 spiro atoms. The molecule has 5 nitrogen and oxygen atoms in total. The molecule has 1 N–H and O–H groups in total. The standard InChI is InChI=1S/C16H19F3N2O3S/c1-21(2)14(15-4-3-9-24-15)10-20-25(22,23)11-12-5-7-13(8-6-12)16(17,18)19/h3-9,14,20H,10-11H2,1-2H3. The molecule has 1 unspecified atom stereocenters. The average Bonchev–Trinajstić information content (AvgIpc) is 3.00. The van der Waals surface area contributed by atoms with Crippen molar-refractivity contribution in [2.75, 3.05) is 20.6 Å². The number of sulfonamides is 1. The topological polar surface area (TPSA) is 62.6 Å². The molecule has 0 radical (unpaired) electrons. The van der Waals surface area contributed by atoms with Gasteiger partial charge in [-0.25, -0.2) is 13.1 Å². The third kappa shape index (κ3) is 5.58. The highest BCUT2D eigenvalue weighted by molar-refractivity contribution is 7.88. The van der Waals surface area contributed by atoms with E-state index in [9.17, 15) is 21.6 Å². The number of furan rings is 1. The zero-order chi connectivity index (χ0) is 18.7. The Hall–Kier alpha value is -1.84. The number of hydrogen-bond acceptors (Lipinski definition) is 4. The quantitative estimate of drug-likeness (QED) is 0.807. The van der Waals surface area contributed by atoms with Gasteiger partial charge in [-0.2, -0.15) is 13.2 Å². The van der Waals surface area contributed by atoms with E-state index in [0.717, 1.165) is 24.3 Å². The van der Waals surface area contributed by atoms with Crippen LogP contribution >= 0.6 is 0 Å². The highest BCUT2D eigenvalue weighted by Gasteiger charge is 2.30. The predicted molar refractivity (Wildman–Crippen MR) is 87.2 cm³/mol. The van der Waals surface area contributed by atoms with Crippen molar-refractivity contribution in [2.45, 2.75) is 18.0 Å². The SMILES string of the molecule is CN(C)C(CNS(=O)(=O)Cc1ccc(C(F)(F)F)cc1)c1ccco1. The van der Waals surface area contributed by atoms with Gasteiger partial charge in [-0.1, -0.05) is 12.1 Å². The molecule has 0 fully saturated rings. The first-order valence-electron chi connectivity index (χ1n) is 7.42. The molecule has 25 heavy (non-hydrogen) atoms. The summed E-state index contributed by atoms with van der Waals surface area (Å²) in [5, 5.41) is 0. The highest BCUT2D eigenvalue weighted by atomic mass is 32.2. The van der Waals surface area contributed by atoms with Crippen LogP contribution in [0.2, 0.25) is 0 Å². The minimum absolute atomic E-state index is 0.0868. The zero-order valence-electron chi connectivity index (χ0n) is 13.7. The molecule has 0 aliphatic rings. The van der Waals surface area contributed by atoms with Crippen molar-refractivity contribution >= 4 is 10.0 Å². The summed E-state index contributed by atoms with van der Waals surface area (Å²) in [6.07, 6.45) is -2.94. The van der Waals surface area contributed by atoms with Crippen molar-refractivity contribution in [1.29, 1.82) is 0 Å². The van der Waals surface area contributed by atoms with Gasteiger partial charge in [0.2, 0.25) is 10.0 Å². The molecule has 9 heteroatoms. The summed E-state index contributed by atoms with van der Waals surface area (Å²) in [7, 11) is -0.124. The Bertz CT molecular complexity index is 770. The summed E-state index contributed by atoms with van der Waals surface area (Å²) < 4.78 is 69.8. The summed E-state index contributed by atoms with van der Waals surface area (Å²) in [4.78, 5) is 1.81. The van der Waals surface area contributed by atoms with Crippen LogP contribution in [0.5, 0.6) is 0 Å². The van der Waals surface area contributed by atoms with Gasteiger partial charge in [0.05, 0.1) is 23.6 Å². The molecule has 1 aromatic carbocycles. The van der Waals surface area contributed by atoms with Crippen LogP contribution in [0.1, 0.15) is 22.9 Å². The Kier molecular flexibility index (Phi) is 5.91. The zero-order valence-corrected chi connectivity index (χ0v) is 14.6. The number of alkyl halides is 3. The maximum absolute atomic E-state index is 12.5. The monoisotopic (exact) mass is 376 g/mol. The summed E-state index contributed by atoms with van der Waals surface area (Å²) in [5.74, 6) is 0.214. The van der Waals surface area contributed by atoms with Gasteiger partial charge in [0.15, 0.2) is 0 Å². The minimum atomic E-state index is -4.45. The first-order chi connectivity index (χ1) is 11.6. The van der Waals surface area contributed by atoms with Gasteiger partial charge in [-0.3, -0.25) is 4.90 Å². The molecular weight excluding hydrogens is 357 g/mol. The molecule has 1 aromatic heterocycles. The van der Waals surface area contributed by atoms with Crippen molar-refractivity contribution in [2.24, 2.45) is 0 Å². The van der Waals surface area contributed by atoms with E-state index in [0.29, 0.717) is 5.76 Å². The van der Waals surface area contributed by atoms with E-state index in [1.807, 2.05) is 0 Å². The first kappa shape index (κ1) is 19.5. The summed E-state index contributed by atoms with van der Waals surface area (Å²) in [5.41, 5.74) is -0.535. The molecule has 1 atom stereocenters. The second kappa shape index (κ2) is 7.59. The van der Waals surface area contributed by atoms with Crippen LogP contribution in [0.4, 0.5) is 13.2 Å². The molecule has 2 rings (SSSR count). The smallest absolute Gasteiger partial charge is 0.416 e. The van der Waals surface area contributed by atoms with Crippen molar-refractivity contribution in [3.8, 4) is 0 Å². The Morgan fingerprint density at radius 1 is 1.16 bits per heavy atom. The first-order valence-corrected chi connectivity index (χ1v) is 9.07. The van der Waals surface area contributed by atoms with Crippen molar-refractivity contribution in [3.05, 3.63) is 59.5 Å². The lowest BCUT2D eigenvalue weighted by Gasteiger charge is -2.22. The molecule has 0 aliphatic carbocycles. The van der Waals surface area contributed by atoms with Crippen molar-refractivity contribution in [3.63, 3.8) is 0 Å². The van der Waals surface area contributed by atoms with E-state index in [4.69, 9.17) is 4.42 Å². The fraction of sp³-hybridized carbons (Fsp3) is 0.375. The lowest BCUT2D eigenvalue weighted by atomic mass is 10.1. The Morgan fingerprint density at radius 3 is 2.28 bits per heavy atom. The molecule has 0 saturated heterocycles. The Labute approximate surface area is 144 Å². The van der Waals surface area contributed by atoms with E-state index in [-0.39, 0.29) is 18.2 Å². The second-order valence-electron chi connectivity index (χ2n) is 5.80. The van der Waals surface area contributed by atoms with Gasteiger partial charge in [0, 0.05) is 6.54 Å². The van der Waals surface area contributed by atoms with Crippen LogP contribution in [-0.4, -0.2) is 34.0 Å². The third-order valence-corrected chi connectivity index (χ3v) is 4.95. The predicted octanol–water partition coefficient (Wildman–Crippen LogP) is 3.02. The van der Waals surface area contributed by atoms with Crippen LogP contribution in [0.25, 0.3) is 0 Å². The number of halogens is 3. The van der Waals surface area contributed by atoms with Gasteiger partial charge < -0.3 is 4.42 Å². The fourth-order valence-corrected chi connectivity index (χ4v) is 3.43. The van der Waals surface area contributed by atoms with Gasteiger partial charge in [-0.05, 0) is 43.9 Å². The van der Waals surface area contributed by atoms with E-state index >= 15 is 0 Å². The molecule has 0 amide bonds. The summed E-state index contributed by atoms with van der Waals surface area (Å²) >= 11 is 0. The molecule has 1 heterocycles. The van der Waals surface area contributed by atoms with E-state index in [1.165, 1.54) is 6.26 Å². The minimum Gasteiger partial charge on any atom is -0.468 e. The number of hydrogen-bond donors (Lipinski definition) is 1. The van der Waals surface area contributed by atoms with Crippen LogP contribution in [0, 0.1) is 0 Å². The largest absolute Gasteiger partial charge is 0.468 e. The normalized spacial score (nSPS) is 14.0. The second-order valence-corrected chi connectivity index (χ2v) is 7.60. The Balaban J connectivity index is 2.02. The summed E-state index contributed by atoms with van der Waals surface area (Å²) in [6.45, 7) is 0.0868. The average molecular weight is 376 g/mol. The van der Waals surface area contributed by atoms with Gasteiger partial charge in [0.1, 0.15) is 5.76 Å². The molecule has 0 aliphatic heterocycles. The maximum atomic E-state index is 12.5. The van der Waals surface area contributed by atoms with Crippen molar-refractivity contribution < 1.29 is 26.0 Å². The van der Waals surface area contributed by atoms with Gasteiger partial charge in [-0.15, -0.1) is 0 Å². The molecule has 2 aromatic rings. The lowest BCUT2D eigenvalue weighted by Crippen LogP contribution is -2.35. The van der Waals surface area contributed by atoms with Gasteiger partial charge >= 0.3 is 6.18 Å². The number of nitrogens with zero attached hydrogens (tertiary/aromatic N) is 1. The maximum Gasteiger partial charge on any atom is 0.416 e. The fourth-order valence-electron chi connectivity index (χ4n) is 2.28. The van der Waals surface area contributed by atoms with Crippen LogP contribution in [0.15, 0.2) is 47.1 Å². The van der Waals surface area contributed by atoms with Crippen molar-refractivity contribution in [1.82, 2.24) is 9.62 Å². The van der Waals surface area contributed by atoms with Crippen LogP contribution in [0.3, 0.4) is 0 Å². The number of likely N-dealkylation sites (N-methyl/N-ethyl adjacent to an activating group) is 1. The third-order valence-electron chi connectivity index (χ3n) is 3.63. The Morgan fingerprint density at radius 2 is 1.80 bits per heavy atom. The highest BCUT2D eigenvalue weighted by Crippen LogP contribution is 2.29. The van der Waals surface area contributed by atoms with E-state index < -0.39 is 27.5 Å². The van der Waals surface area contributed by atoms with Crippen LogP contribution < -0.4 is 4.72 Å². The van der Waals surface area contributed by atoms with Gasteiger partial charge in [0.25, 0.3) is 0 Å². The van der Waals surface area contributed by atoms with E-state index in [1.54, 1.807) is 31.1 Å². The van der Waals surface area contributed by atoms with E-state index in [2.05, 4.69) is 4.72 Å². The lowest BCUT2D eigenvalue weighted by molar-refractivity contribution is -0.137. The molecule has 138 valence electrons. The molecule has 0 saturated carbocycles. The number of benzene rings is 1. The number of nitrogens with one attached hydrogen (secondary N) is 1.